The van der Waals surface area contributed by atoms with E-state index >= 15 is 0 Å². The lowest BCUT2D eigenvalue weighted by Gasteiger charge is -2.24. The first kappa shape index (κ1) is 13.9. The molecule has 0 saturated carbocycles. The van der Waals surface area contributed by atoms with Crippen LogP contribution in [0.3, 0.4) is 0 Å². The lowest BCUT2D eigenvalue weighted by atomic mass is 9.89. The standard InChI is InChI=1S/C15H22ClNO/c1-15(2,17)10-11-3-4-13(14(16)9-11)12-5-7-18-8-6-12/h3-4,9,12H,5-8,10,17H2,1-2H3. The molecular weight excluding hydrogens is 246 g/mol. The fraction of sp³-hybridized carbons (Fsp3) is 0.600. The Morgan fingerprint density at radius 3 is 2.56 bits per heavy atom. The first-order valence-electron chi connectivity index (χ1n) is 6.61. The minimum Gasteiger partial charge on any atom is -0.381 e. The summed E-state index contributed by atoms with van der Waals surface area (Å²) in [5.74, 6) is 0.547. The Morgan fingerprint density at radius 1 is 1.33 bits per heavy atom. The molecule has 1 aliphatic rings. The Morgan fingerprint density at radius 2 is 2.00 bits per heavy atom. The van der Waals surface area contributed by atoms with Crippen LogP contribution in [0.2, 0.25) is 5.02 Å². The highest BCUT2D eigenvalue weighted by Gasteiger charge is 2.19. The summed E-state index contributed by atoms with van der Waals surface area (Å²) >= 11 is 6.41. The van der Waals surface area contributed by atoms with Crippen LogP contribution < -0.4 is 5.73 Å². The van der Waals surface area contributed by atoms with Gasteiger partial charge in [-0.25, -0.2) is 0 Å². The second kappa shape index (κ2) is 5.60. The zero-order chi connectivity index (χ0) is 13.2. The van der Waals surface area contributed by atoms with Crippen molar-refractivity contribution in [3.05, 3.63) is 34.3 Å². The molecule has 0 unspecified atom stereocenters. The molecule has 2 rings (SSSR count). The topological polar surface area (TPSA) is 35.2 Å². The molecule has 2 N–H and O–H groups in total. The Balaban J connectivity index is 2.14. The summed E-state index contributed by atoms with van der Waals surface area (Å²) in [6, 6.07) is 6.39. The summed E-state index contributed by atoms with van der Waals surface area (Å²) in [6.07, 6.45) is 2.99. The Hall–Kier alpha value is -0.570. The van der Waals surface area contributed by atoms with E-state index < -0.39 is 0 Å². The molecule has 1 heterocycles. The van der Waals surface area contributed by atoms with Crippen LogP contribution in [0.4, 0.5) is 0 Å². The molecular formula is C15H22ClNO. The predicted molar refractivity (Wildman–Crippen MR) is 76.2 cm³/mol. The second-order valence-electron chi connectivity index (χ2n) is 5.91. The van der Waals surface area contributed by atoms with Crippen LogP contribution in [0.5, 0.6) is 0 Å². The molecule has 1 fully saturated rings. The molecule has 1 aromatic carbocycles. The lowest BCUT2D eigenvalue weighted by Crippen LogP contribution is -2.34. The number of benzene rings is 1. The van der Waals surface area contributed by atoms with E-state index in [1.165, 1.54) is 11.1 Å². The molecule has 0 spiro atoms. The SMILES string of the molecule is CC(C)(N)Cc1ccc(C2CCOCC2)c(Cl)c1. The van der Waals surface area contributed by atoms with E-state index in [1.807, 2.05) is 13.8 Å². The number of halogens is 1. The summed E-state index contributed by atoms with van der Waals surface area (Å²) < 4.78 is 5.39. The van der Waals surface area contributed by atoms with Gasteiger partial charge in [0.25, 0.3) is 0 Å². The van der Waals surface area contributed by atoms with Gasteiger partial charge in [-0.2, -0.15) is 0 Å². The van der Waals surface area contributed by atoms with Gasteiger partial charge in [0.2, 0.25) is 0 Å². The van der Waals surface area contributed by atoms with Gasteiger partial charge < -0.3 is 10.5 Å². The minimum atomic E-state index is -0.191. The predicted octanol–water partition coefficient (Wildman–Crippen LogP) is 3.51. The molecule has 1 saturated heterocycles. The molecule has 0 bridgehead atoms. The molecule has 0 amide bonds. The van der Waals surface area contributed by atoms with Crippen molar-refractivity contribution in [1.29, 1.82) is 0 Å². The molecule has 100 valence electrons. The highest BCUT2D eigenvalue weighted by atomic mass is 35.5. The first-order chi connectivity index (χ1) is 8.46. The third-order valence-electron chi connectivity index (χ3n) is 3.39. The minimum absolute atomic E-state index is 0.191. The van der Waals surface area contributed by atoms with Gasteiger partial charge in [0.15, 0.2) is 0 Å². The molecule has 1 aliphatic heterocycles. The third-order valence-corrected chi connectivity index (χ3v) is 3.71. The Kier molecular flexibility index (Phi) is 4.31. The van der Waals surface area contributed by atoms with Crippen molar-refractivity contribution in [2.75, 3.05) is 13.2 Å². The summed E-state index contributed by atoms with van der Waals surface area (Å²) in [5, 5.41) is 0.878. The van der Waals surface area contributed by atoms with Gasteiger partial charge in [0.1, 0.15) is 0 Å². The van der Waals surface area contributed by atoms with E-state index in [-0.39, 0.29) is 5.54 Å². The van der Waals surface area contributed by atoms with Crippen molar-refractivity contribution in [3.63, 3.8) is 0 Å². The molecule has 0 atom stereocenters. The highest BCUT2D eigenvalue weighted by Crippen LogP contribution is 2.33. The highest BCUT2D eigenvalue weighted by molar-refractivity contribution is 6.31. The molecule has 3 heteroatoms. The van der Waals surface area contributed by atoms with Crippen molar-refractivity contribution in [2.45, 2.75) is 44.6 Å². The van der Waals surface area contributed by atoms with Crippen LogP contribution in [-0.4, -0.2) is 18.8 Å². The molecule has 18 heavy (non-hydrogen) atoms. The zero-order valence-electron chi connectivity index (χ0n) is 11.2. The average Bonchev–Trinajstić information content (AvgIpc) is 2.28. The normalized spacial score (nSPS) is 18.0. The summed E-state index contributed by atoms with van der Waals surface area (Å²) in [6.45, 7) is 5.76. The maximum atomic E-state index is 6.41. The zero-order valence-corrected chi connectivity index (χ0v) is 12.0. The van der Waals surface area contributed by atoms with Gasteiger partial charge in [-0.05, 0) is 56.2 Å². The lowest BCUT2D eigenvalue weighted by molar-refractivity contribution is 0.0853. The van der Waals surface area contributed by atoms with Gasteiger partial charge in [-0.1, -0.05) is 23.7 Å². The molecule has 2 nitrogen and oxygen atoms in total. The smallest absolute Gasteiger partial charge is 0.0471 e. The van der Waals surface area contributed by atoms with Crippen molar-refractivity contribution in [3.8, 4) is 0 Å². The van der Waals surface area contributed by atoms with Crippen LogP contribution in [0.15, 0.2) is 18.2 Å². The molecule has 1 aromatic rings. The van der Waals surface area contributed by atoms with Gasteiger partial charge in [-0.15, -0.1) is 0 Å². The fourth-order valence-electron chi connectivity index (χ4n) is 2.55. The number of rotatable bonds is 3. The van der Waals surface area contributed by atoms with Crippen LogP contribution in [0.1, 0.15) is 43.7 Å². The summed E-state index contributed by atoms with van der Waals surface area (Å²) in [7, 11) is 0. The fourth-order valence-corrected chi connectivity index (χ4v) is 2.90. The van der Waals surface area contributed by atoms with E-state index in [0.717, 1.165) is 37.5 Å². The van der Waals surface area contributed by atoms with E-state index in [1.54, 1.807) is 0 Å². The van der Waals surface area contributed by atoms with Crippen LogP contribution >= 0.6 is 11.6 Å². The second-order valence-corrected chi connectivity index (χ2v) is 6.32. The van der Waals surface area contributed by atoms with Gasteiger partial charge in [0.05, 0.1) is 0 Å². The number of hydrogen-bond donors (Lipinski definition) is 1. The monoisotopic (exact) mass is 267 g/mol. The van der Waals surface area contributed by atoms with Crippen molar-refractivity contribution < 1.29 is 4.74 Å². The maximum Gasteiger partial charge on any atom is 0.0471 e. The van der Waals surface area contributed by atoms with E-state index in [2.05, 4.69) is 18.2 Å². The number of hydrogen-bond acceptors (Lipinski definition) is 2. The Labute approximate surface area is 114 Å². The number of nitrogens with two attached hydrogens (primary N) is 1. The van der Waals surface area contributed by atoms with Crippen molar-refractivity contribution >= 4 is 11.6 Å². The average molecular weight is 268 g/mol. The Bertz CT molecular complexity index is 405. The van der Waals surface area contributed by atoms with E-state index in [0.29, 0.717) is 5.92 Å². The van der Waals surface area contributed by atoms with Crippen molar-refractivity contribution in [1.82, 2.24) is 0 Å². The molecule has 0 aliphatic carbocycles. The molecule has 0 radical (unpaired) electrons. The maximum absolute atomic E-state index is 6.41. The van der Waals surface area contributed by atoms with Crippen LogP contribution in [0.25, 0.3) is 0 Å². The van der Waals surface area contributed by atoms with Gasteiger partial charge in [-0.3, -0.25) is 0 Å². The quantitative estimate of drug-likeness (QED) is 0.910. The summed E-state index contributed by atoms with van der Waals surface area (Å²) in [4.78, 5) is 0. The van der Waals surface area contributed by atoms with Gasteiger partial charge >= 0.3 is 0 Å². The van der Waals surface area contributed by atoms with E-state index in [9.17, 15) is 0 Å². The van der Waals surface area contributed by atoms with Gasteiger partial charge in [0, 0.05) is 23.8 Å². The third kappa shape index (κ3) is 3.71. The summed E-state index contributed by atoms with van der Waals surface area (Å²) in [5.41, 5.74) is 8.32. The first-order valence-corrected chi connectivity index (χ1v) is 6.98. The number of ether oxygens (including phenoxy) is 1. The molecule has 0 aromatic heterocycles. The van der Waals surface area contributed by atoms with Crippen LogP contribution in [0, 0.1) is 0 Å². The van der Waals surface area contributed by atoms with Crippen molar-refractivity contribution in [2.24, 2.45) is 5.73 Å². The van der Waals surface area contributed by atoms with Crippen LogP contribution in [-0.2, 0) is 11.2 Å². The largest absolute Gasteiger partial charge is 0.381 e. The van der Waals surface area contributed by atoms with E-state index in [4.69, 9.17) is 22.1 Å².